The molecule has 1 saturated heterocycles. The molecule has 1 N–H and O–H groups in total. The van der Waals surface area contributed by atoms with Crippen molar-refractivity contribution in [1.82, 2.24) is 5.16 Å². The smallest absolute Gasteiger partial charge is 0.341 e. The summed E-state index contributed by atoms with van der Waals surface area (Å²) in [5.74, 6) is 0.0406. The zero-order valence-corrected chi connectivity index (χ0v) is 10.6. The van der Waals surface area contributed by atoms with E-state index in [4.69, 9.17) is 9.26 Å². The second-order valence-electron chi connectivity index (χ2n) is 4.74. The molecule has 0 saturated carbocycles. The molecule has 0 amide bonds. The highest BCUT2D eigenvalue weighted by Gasteiger charge is 2.25. The third-order valence-electron chi connectivity index (χ3n) is 3.35. The first-order valence-corrected chi connectivity index (χ1v) is 6.50. The molecule has 0 bridgehead atoms. The Labute approximate surface area is 106 Å². The molecular weight excluding hydrogens is 234 g/mol. The summed E-state index contributed by atoms with van der Waals surface area (Å²) in [4.78, 5) is 11.3. The summed E-state index contributed by atoms with van der Waals surface area (Å²) in [5, 5.41) is 13.2. The Balaban J connectivity index is 2.13. The number of carboxylic acid groups (broad SMARTS) is 1. The Morgan fingerprint density at radius 3 is 2.78 bits per heavy atom. The fourth-order valence-corrected chi connectivity index (χ4v) is 2.36. The second-order valence-corrected chi connectivity index (χ2v) is 4.74. The van der Waals surface area contributed by atoms with Crippen molar-refractivity contribution in [2.24, 2.45) is 5.92 Å². The van der Waals surface area contributed by atoms with E-state index in [9.17, 15) is 9.90 Å². The molecule has 1 aliphatic heterocycles. The molecule has 2 rings (SSSR count). The van der Waals surface area contributed by atoms with Crippen LogP contribution < -0.4 is 0 Å². The SMILES string of the molecule is CCCc1noc(CC2CCOCC2)c1C(=O)O. The Bertz CT molecular complexity index is 407. The molecule has 18 heavy (non-hydrogen) atoms. The zero-order chi connectivity index (χ0) is 13.0. The van der Waals surface area contributed by atoms with Crippen LogP contribution in [0.25, 0.3) is 0 Å². The maximum atomic E-state index is 11.3. The fraction of sp³-hybridized carbons (Fsp3) is 0.692. The zero-order valence-electron chi connectivity index (χ0n) is 10.6. The topological polar surface area (TPSA) is 72.6 Å². The summed E-state index contributed by atoms with van der Waals surface area (Å²) in [6, 6.07) is 0. The van der Waals surface area contributed by atoms with E-state index in [0.29, 0.717) is 30.2 Å². The maximum Gasteiger partial charge on any atom is 0.341 e. The molecule has 0 atom stereocenters. The van der Waals surface area contributed by atoms with Crippen LogP contribution in [0.4, 0.5) is 0 Å². The van der Waals surface area contributed by atoms with E-state index in [0.717, 1.165) is 32.5 Å². The van der Waals surface area contributed by atoms with Gasteiger partial charge in [0.25, 0.3) is 0 Å². The first-order valence-electron chi connectivity index (χ1n) is 6.50. The summed E-state index contributed by atoms with van der Waals surface area (Å²) in [6.45, 7) is 3.50. The molecule has 2 heterocycles. The first kappa shape index (κ1) is 13.1. The van der Waals surface area contributed by atoms with Gasteiger partial charge in [0, 0.05) is 19.6 Å². The van der Waals surface area contributed by atoms with Gasteiger partial charge in [-0.15, -0.1) is 0 Å². The lowest BCUT2D eigenvalue weighted by molar-refractivity contribution is 0.0636. The highest BCUT2D eigenvalue weighted by Crippen LogP contribution is 2.24. The molecule has 1 aliphatic rings. The minimum Gasteiger partial charge on any atom is -0.477 e. The van der Waals surface area contributed by atoms with Gasteiger partial charge in [0.1, 0.15) is 5.56 Å². The number of carboxylic acids is 1. The number of ether oxygens (including phenoxy) is 1. The van der Waals surface area contributed by atoms with Crippen LogP contribution in [0.15, 0.2) is 4.52 Å². The Hall–Kier alpha value is -1.36. The average Bonchev–Trinajstić information content (AvgIpc) is 2.74. The summed E-state index contributed by atoms with van der Waals surface area (Å²) in [5.41, 5.74) is 0.857. The van der Waals surface area contributed by atoms with Crippen molar-refractivity contribution in [2.75, 3.05) is 13.2 Å². The van der Waals surface area contributed by atoms with E-state index in [1.54, 1.807) is 0 Å². The number of aromatic nitrogens is 1. The van der Waals surface area contributed by atoms with Gasteiger partial charge in [-0.1, -0.05) is 18.5 Å². The van der Waals surface area contributed by atoms with E-state index in [2.05, 4.69) is 5.16 Å². The van der Waals surface area contributed by atoms with Crippen LogP contribution in [0.1, 0.15) is 48.0 Å². The van der Waals surface area contributed by atoms with Gasteiger partial charge in [-0.25, -0.2) is 4.79 Å². The van der Waals surface area contributed by atoms with E-state index in [-0.39, 0.29) is 5.56 Å². The van der Waals surface area contributed by atoms with Gasteiger partial charge >= 0.3 is 5.97 Å². The van der Waals surface area contributed by atoms with Crippen LogP contribution in [0.2, 0.25) is 0 Å². The number of hydrogen-bond donors (Lipinski definition) is 1. The van der Waals surface area contributed by atoms with Gasteiger partial charge in [0.2, 0.25) is 0 Å². The predicted molar refractivity (Wildman–Crippen MR) is 64.7 cm³/mol. The minimum atomic E-state index is -0.929. The number of aryl methyl sites for hydroxylation is 1. The molecule has 1 fully saturated rings. The molecule has 1 aromatic heterocycles. The van der Waals surface area contributed by atoms with Gasteiger partial charge < -0.3 is 14.4 Å². The lowest BCUT2D eigenvalue weighted by atomic mass is 9.93. The third-order valence-corrected chi connectivity index (χ3v) is 3.35. The number of carbonyl (C=O) groups is 1. The molecule has 0 aromatic carbocycles. The van der Waals surface area contributed by atoms with Crippen LogP contribution in [0.3, 0.4) is 0 Å². The molecule has 100 valence electrons. The van der Waals surface area contributed by atoms with Crippen molar-refractivity contribution in [3.05, 3.63) is 17.0 Å². The highest BCUT2D eigenvalue weighted by molar-refractivity contribution is 5.90. The molecular formula is C13H19NO4. The lowest BCUT2D eigenvalue weighted by Crippen LogP contribution is -2.18. The van der Waals surface area contributed by atoms with Crippen molar-refractivity contribution >= 4 is 5.97 Å². The average molecular weight is 253 g/mol. The quantitative estimate of drug-likeness (QED) is 0.871. The van der Waals surface area contributed by atoms with Crippen LogP contribution in [0, 0.1) is 5.92 Å². The van der Waals surface area contributed by atoms with Crippen LogP contribution >= 0.6 is 0 Å². The molecule has 5 heteroatoms. The van der Waals surface area contributed by atoms with Gasteiger partial charge in [0.15, 0.2) is 5.76 Å². The van der Waals surface area contributed by atoms with Crippen molar-refractivity contribution < 1.29 is 19.2 Å². The first-order chi connectivity index (χ1) is 8.72. The summed E-state index contributed by atoms with van der Waals surface area (Å²) in [6.07, 6.45) is 4.09. The third kappa shape index (κ3) is 2.90. The Morgan fingerprint density at radius 2 is 2.17 bits per heavy atom. The predicted octanol–water partition coefficient (Wildman–Crippen LogP) is 2.29. The molecule has 0 aliphatic carbocycles. The number of hydrogen-bond acceptors (Lipinski definition) is 4. The van der Waals surface area contributed by atoms with Crippen molar-refractivity contribution in [3.8, 4) is 0 Å². The minimum absolute atomic E-state index is 0.281. The number of aromatic carboxylic acids is 1. The van der Waals surface area contributed by atoms with Crippen LogP contribution in [-0.2, 0) is 17.6 Å². The van der Waals surface area contributed by atoms with Gasteiger partial charge in [0.05, 0.1) is 5.69 Å². The standard InChI is InChI=1S/C13H19NO4/c1-2-3-10-12(13(15)16)11(18-14-10)8-9-4-6-17-7-5-9/h9H,2-8H2,1H3,(H,15,16). The normalized spacial score (nSPS) is 16.9. The number of nitrogens with zero attached hydrogens (tertiary/aromatic N) is 1. The van der Waals surface area contributed by atoms with Crippen molar-refractivity contribution in [3.63, 3.8) is 0 Å². The van der Waals surface area contributed by atoms with Gasteiger partial charge in [-0.3, -0.25) is 0 Å². The largest absolute Gasteiger partial charge is 0.477 e. The Morgan fingerprint density at radius 1 is 1.44 bits per heavy atom. The maximum absolute atomic E-state index is 11.3. The Kier molecular flexibility index (Phi) is 4.36. The van der Waals surface area contributed by atoms with Crippen LogP contribution in [-0.4, -0.2) is 29.4 Å². The summed E-state index contributed by atoms with van der Waals surface area (Å²) in [7, 11) is 0. The summed E-state index contributed by atoms with van der Waals surface area (Å²) < 4.78 is 10.5. The van der Waals surface area contributed by atoms with E-state index < -0.39 is 5.97 Å². The van der Waals surface area contributed by atoms with Crippen molar-refractivity contribution in [2.45, 2.75) is 39.0 Å². The fourth-order valence-electron chi connectivity index (χ4n) is 2.36. The van der Waals surface area contributed by atoms with E-state index >= 15 is 0 Å². The van der Waals surface area contributed by atoms with Gasteiger partial charge in [-0.05, 0) is 25.2 Å². The molecule has 0 spiro atoms. The second kappa shape index (κ2) is 6.00. The molecule has 5 nitrogen and oxygen atoms in total. The molecule has 1 aromatic rings. The lowest BCUT2D eigenvalue weighted by Gasteiger charge is -2.20. The van der Waals surface area contributed by atoms with E-state index in [1.807, 2.05) is 6.92 Å². The van der Waals surface area contributed by atoms with Crippen molar-refractivity contribution in [1.29, 1.82) is 0 Å². The van der Waals surface area contributed by atoms with Gasteiger partial charge in [-0.2, -0.15) is 0 Å². The van der Waals surface area contributed by atoms with Crippen LogP contribution in [0.5, 0.6) is 0 Å². The molecule has 0 unspecified atom stereocenters. The molecule has 0 radical (unpaired) electrons. The summed E-state index contributed by atoms with van der Waals surface area (Å²) >= 11 is 0. The van der Waals surface area contributed by atoms with E-state index in [1.165, 1.54) is 0 Å². The highest BCUT2D eigenvalue weighted by atomic mass is 16.5. The number of rotatable bonds is 5. The monoisotopic (exact) mass is 253 g/mol.